The van der Waals surface area contributed by atoms with Crippen molar-refractivity contribution in [1.29, 1.82) is 0 Å². The number of unbranched alkanes of at least 4 members (excludes halogenated alkanes) is 2. The lowest BCUT2D eigenvalue weighted by Crippen LogP contribution is -2.16. The van der Waals surface area contributed by atoms with Crippen LogP contribution < -0.4 is 4.90 Å². The van der Waals surface area contributed by atoms with Crippen molar-refractivity contribution in [2.45, 2.75) is 19.3 Å². The molecule has 0 atom stereocenters. The number of nitrogens with zero attached hydrogens (tertiary/aromatic N) is 1. The fraction of sp³-hybridized carbons (Fsp3) is 0.333. The fourth-order valence-corrected chi connectivity index (χ4v) is 1.52. The largest absolute Gasteiger partial charge is 0.371 e. The third-order valence-electron chi connectivity index (χ3n) is 2.52. The molecule has 1 heteroatoms. The molecule has 16 heavy (non-hydrogen) atoms. The maximum atomic E-state index is 3.71. The molecule has 0 aliphatic carbocycles. The summed E-state index contributed by atoms with van der Waals surface area (Å²) in [7, 11) is 2.11. The van der Waals surface area contributed by atoms with E-state index >= 15 is 0 Å². The maximum Gasteiger partial charge on any atom is 0.0366 e. The van der Waals surface area contributed by atoms with Gasteiger partial charge in [-0.1, -0.05) is 36.4 Å². The Morgan fingerprint density at radius 3 is 2.56 bits per heavy atom. The lowest BCUT2D eigenvalue weighted by molar-refractivity contribution is 0.865. The van der Waals surface area contributed by atoms with Crippen LogP contribution in [0.1, 0.15) is 19.3 Å². The minimum Gasteiger partial charge on any atom is -0.371 e. The van der Waals surface area contributed by atoms with Crippen LogP contribution in [0.3, 0.4) is 0 Å². The van der Waals surface area contributed by atoms with Crippen molar-refractivity contribution in [3.63, 3.8) is 0 Å². The standard InChI is InChI=1S/C15H21N/c1-3-4-5-6-7-11-14-16(2)15-12-9-8-10-13-15/h3,7-13H,1,4-6,14H2,2H3. The van der Waals surface area contributed by atoms with Crippen LogP contribution in [0.2, 0.25) is 0 Å². The molecule has 1 nitrogen and oxygen atoms in total. The Labute approximate surface area is 99.1 Å². The van der Waals surface area contributed by atoms with Crippen molar-refractivity contribution < 1.29 is 0 Å². The first-order valence-corrected chi connectivity index (χ1v) is 5.86. The van der Waals surface area contributed by atoms with E-state index in [1.54, 1.807) is 0 Å². The summed E-state index contributed by atoms with van der Waals surface area (Å²) in [5.74, 6) is 0. The minimum atomic E-state index is 0.970. The van der Waals surface area contributed by atoms with Crippen molar-refractivity contribution in [2.24, 2.45) is 0 Å². The van der Waals surface area contributed by atoms with E-state index in [0.29, 0.717) is 0 Å². The van der Waals surface area contributed by atoms with E-state index in [1.807, 2.05) is 12.1 Å². The second kappa shape index (κ2) is 7.75. The van der Waals surface area contributed by atoms with Gasteiger partial charge in [0.25, 0.3) is 0 Å². The lowest BCUT2D eigenvalue weighted by atomic mass is 10.2. The summed E-state index contributed by atoms with van der Waals surface area (Å²) in [6, 6.07) is 10.4. The molecule has 0 fully saturated rings. The fourth-order valence-electron chi connectivity index (χ4n) is 1.52. The highest BCUT2D eigenvalue weighted by Gasteiger charge is 1.95. The Morgan fingerprint density at radius 2 is 1.88 bits per heavy atom. The zero-order chi connectivity index (χ0) is 11.6. The first-order valence-electron chi connectivity index (χ1n) is 5.86. The molecule has 1 aromatic carbocycles. The first kappa shape index (κ1) is 12.6. The Hall–Kier alpha value is -1.50. The van der Waals surface area contributed by atoms with Crippen molar-refractivity contribution >= 4 is 5.69 Å². The van der Waals surface area contributed by atoms with Gasteiger partial charge in [-0.25, -0.2) is 0 Å². The number of anilines is 1. The Kier molecular flexibility index (Phi) is 6.09. The number of hydrogen-bond acceptors (Lipinski definition) is 1. The first-order chi connectivity index (χ1) is 7.84. The molecule has 1 aromatic rings. The van der Waals surface area contributed by atoms with Crippen LogP contribution in [0, 0.1) is 0 Å². The summed E-state index contributed by atoms with van der Waals surface area (Å²) < 4.78 is 0. The molecule has 0 radical (unpaired) electrons. The van der Waals surface area contributed by atoms with Crippen LogP contribution in [0.25, 0.3) is 0 Å². The second-order valence-corrected chi connectivity index (χ2v) is 3.91. The van der Waals surface area contributed by atoms with E-state index in [-0.39, 0.29) is 0 Å². The van der Waals surface area contributed by atoms with E-state index in [2.05, 4.69) is 54.9 Å². The van der Waals surface area contributed by atoms with Gasteiger partial charge in [-0.15, -0.1) is 6.58 Å². The molecule has 0 N–H and O–H groups in total. The SMILES string of the molecule is C=CCCCC=CCN(C)c1ccccc1. The third kappa shape index (κ3) is 4.83. The summed E-state index contributed by atoms with van der Waals surface area (Å²) in [6.07, 6.45) is 9.92. The predicted molar refractivity (Wildman–Crippen MR) is 72.9 cm³/mol. The van der Waals surface area contributed by atoms with Crippen LogP contribution >= 0.6 is 0 Å². The average Bonchev–Trinajstić information content (AvgIpc) is 2.34. The molecule has 0 heterocycles. The number of benzene rings is 1. The van der Waals surface area contributed by atoms with Gasteiger partial charge in [0.2, 0.25) is 0 Å². The number of likely N-dealkylation sites (N-methyl/N-ethyl adjacent to an activating group) is 1. The number of hydrogen-bond donors (Lipinski definition) is 0. The summed E-state index contributed by atoms with van der Waals surface area (Å²) in [5, 5.41) is 0. The van der Waals surface area contributed by atoms with Crippen LogP contribution in [-0.4, -0.2) is 13.6 Å². The van der Waals surface area contributed by atoms with Gasteiger partial charge < -0.3 is 4.90 Å². The van der Waals surface area contributed by atoms with Crippen molar-refractivity contribution in [2.75, 3.05) is 18.5 Å². The summed E-state index contributed by atoms with van der Waals surface area (Å²) in [4.78, 5) is 2.24. The van der Waals surface area contributed by atoms with E-state index in [0.717, 1.165) is 19.4 Å². The molecule has 0 aliphatic heterocycles. The van der Waals surface area contributed by atoms with Gasteiger partial charge in [0.05, 0.1) is 0 Å². The zero-order valence-corrected chi connectivity index (χ0v) is 10.1. The van der Waals surface area contributed by atoms with E-state index in [4.69, 9.17) is 0 Å². The van der Waals surface area contributed by atoms with Gasteiger partial charge in [-0.2, -0.15) is 0 Å². The molecular formula is C15H21N. The van der Waals surface area contributed by atoms with Crippen LogP contribution in [0.4, 0.5) is 5.69 Å². The number of rotatable bonds is 7. The van der Waals surface area contributed by atoms with Crippen LogP contribution in [0.15, 0.2) is 55.1 Å². The molecule has 86 valence electrons. The summed E-state index contributed by atoms with van der Waals surface area (Å²) in [5.41, 5.74) is 1.26. The highest BCUT2D eigenvalue weighted by atomic mass is 15.1. The molecule has 0 aromatic heterocycles. The highest BCUT2D eigenvalue weighted by molar-refractivity contribution is 5.45. The summed E-state index contributed by atoms with van der Waals surface area (Å²) in [6.45, 7) is 4.68. The Morgan fingerprint density at radius 1 is 1.12 bits per heavy atom. The zero-order valence-electron chi connectivity index (χ0n) is 10.1. The maximum absolute atomic E-state index is 3.71. The minimum absolute atomic E-state index is 0.970. The topological polar surface area (TPSA) is 3.24 Å². The van der Waals surface area contributed by atoms with Crippen LogP contribution in [-0.2, 0) is 0 Å². The Balaban J connectivity index is 2.25. The molecule has 1 rings (SSSR count). The molecule has 0 saturated heterocycles. The number of para-hydroxylation sites is 1. The lowest BCUT2D eigenvalue weighted by Gasteiger charge is -2.16. The highest BCUT2D eigenvalue weighted by Crippen LogP contribution is 2.10. The van der Waals surface area contributed by atoms with Crippen LogP contribution in [0.5, 0.6) is 0 Å². The van der Waals surface area contributed by atoms with Gasteiger partial charge in [0.15, 0.2) is 0 Å². The van der Waals surface area contributed by atoms with Gasteiger partial charge in [-0.3, -0.25) is 0 Å². The molecule has 0 aliphatic rings. The number of allylic oxidation sites excluding steroid dienone is 2. The van der Waals surface area contributed by atoms with Gasteiger partial charge in [0.1, 0.15) is 0 Å². The molecular weight excluding hydrogens is 194 g/mol. The van der Waals surface area contributed by atoms with Crippen molar-refractivity contribution in [3.8, 4) is 0 Å². The van der Waals surface area contributed by atoms with Gasteiger partial charge in [0, 0.05) is 19.3 Å². The third-order valence-corrected chi connectivity index (χ3v) is 2.52. The van der Waals surface area contributed by atoms with Crippen molar-refractivity contribution in [3.05, 3.63) is 55.1 Å². The Bertz CT molecular complexity index is 313. The summed E-state index contributed by atoms with van der Waals surface area (Å²) >= 11 is 0. The monoisotopic (exact) mass is 215 g/mol. The van der Waals surface area contributed by atoms with E-state index in [1.165, 1.54) is 12.1 Å². The van der Waals surface area contributed by atoms with E-state index < -0.39 is 0 Å². The smallest absolute Gasteiger partial charge is 0.0366 e. The van der Waals surface area contributed by atoms with E-state index in [9.17, 15) is 0 Å². The molecule has 0 amide bonds. The predicted octanol–water partition coefficient (Wildman–Crippen LogP) is 4.04. The van der Waals surface area contributed by atoms with Crippen molar-refractivity contribution in [1.82, 2.24) is 0 Å². The quantitative estimate of drug-likeness (QED) is 0.490. The molecule has 0 spiro atoms. The molecule has 0 bridgehead atoms. The molecule has 0 saturated carbocycles. The van der Waals surface area contributed by atoms with Gasteiger partial charge in [-0.05, 0) is 31.4 Å². The second-order valence-electron chi connectivity index (χ2n) is 3.91. The average molecular weight is 215 g/mol. The molecule has 0 unspecified atom stereocenters. The normalized spacial score (nSPS) is 10.6. The van der Waals surface area contributed by atoms with Gasteiger partial charge >= 0.3 is 0 Å².